The molecule has 4 aromatic rings. The number of amides is 7. The molecule has 0 aromatic heterocycles. The molecule has 450 valence electrons. The van der Waals surface area contributed by atoms with Crippen LogP contribution in [0.15, 0.2) is 107 Å². The summed E-state index contributed by atoms with van der Waals surface area (Å²) in [5, 5.41) is 58.4. The van der Waals surface area contributed by atoms with Crippen LogP contribution in [0.4, 0.5) is 0 Å². The first-order valence-corrected chi connectivity index (χ1v) is 28.0. The lowest BCUT2D eigenvalue weighted by molar-refractivity contribution is -0.870. The van der Waals surface area contributed by atoms with Crippen LogP contribution < -0.4 is 54.4 Å². The number of aromatic hydroxyl groups is 3. The van der Waals surface area contributed by atoms with Crippen molar-refractivity contribution in [1.82, 2.24) is 37.2 Å². The van der Waals surface area contributed by atoms with Crippen LogP contribution in [0.1, 0.15) is 68.2 Å². The van der Waals surface area contributed by atoms with Gasteiger partial charge in [0.05, 0.1) is 40.3 Å². The Morgan fingerprint density at radius 3 is 1.40 bits per heavy atom. The summed E-state index contributed by atoms with van der Waals surface area (Å²) in [6.45, 7) is 3.43. The average Bonchev–Trinajstić information content (AvgIpc) is 3.58. The van der Waals surface area contributed by atoms with E-state index in [1.807, 2.05) is 45.4 Å². The number of phenols is 3. The van der Waals surface area contributed by atoms with Gasteiger partial charge in [0.25, 0.3) is 0 Å². The number of carboxylic acid groups (broad SMARTS) is 1. The fourth-order valence-corrected chi connectivity index (χ4v) is 8.84. The molecule has 0 saturated carbocycles. The van der Waals surface area contributed by atoms with E-state index in [0.29, 0.717) is 27.6 Å². The van der Waals surface area contributed by atoms with Gasteiger partial charge in [-0.2, -0.15) is 0 Å². The second kappa shape index (κ2) is 33.0. The molecule has 83 heavy (non-hydrogen) atoms. The standard InChI is InChI=1S/C58H79BrN12O12/c1-34(2)50(56(81)69-48(57(82)83)32-38-17-25-42(74)26-18-38)70-55(80)47(31-37-15-23-41(73)24-16-37)68-54(79)46(30-36-13-21-40(72)22-14-36)67-53(78)45(10-8-27-63-58(61)62)65-49(75)33-64-52(77)44(9-6-7-28-71(3,4)5)66-51(76)43(60)29-35-11-19-39(59)20-12-35/h11-26,34,43-48,50H,6-10,27-33,60H2,1-5H3,(H14-,61,62,63,64,65,66,67,68,69,70,72,73,74,75,76,77,78,79,80,81,82,83)/p+1. The van der Waals surface area contributed by atoms with Crippen molar-refractivity contribution in [1.29, 1.82) is 0 Å². The SMILES string of the molecule is CC(C)C(NC(=O)C(Cc1ccc(O)cc1)NC(=O)C(Cc1ccc(O)cc1)NC(=O)C(CCCN=C(N)N)NC(=O)CNC(=O)C(CCCC[N+](C)(C)C)NC(=O)C(N)Cc1ccc(Br)cc1)C(=O)NC(Cc1ccc(O)cc1)C(=O)O. The van der Waals surface area contributed by atoms with Gasteiger partial charge >= 0.3 is 5.97 Å². The molecule has 0 bridgehead atoms. The number of quaternary nitrogens is 1. The van der Waals surface area contributed by atoms with Crippen molar-refractivity contribution in [3.05, 3.63) is 124 Å². The van der Waals surface area contributed by atoms with Crippen LogP contribution in [0.3, 0.4) is 0 Å². The number of hydrogen-bond acceptors (Lipinski definition) is 13. The quantitative estimate of drug-likeness (QED) is 0.0136. The number of aliphatic carboxylic acids is 1. The van der Waals surface area contributed by atoms with Gasteiger partial charge in [-0.1, -0.05) is 78.3 Å². The predicted molar refractivity (Wildman–Crippen MR) is 315 cm³/mol. The molecule has 0 aliphatic rings. The number of carbonyl (C=O) groups is 8. The Bertz CT molecular complexity index is 2830. The maximum atomic E-state index is 14.7. The Labute approximate surface area is 491 Å². The van der Waals surface area contributed by atoms with Crippen molar-refractivity contribution < 1.29 is 63.3 Å². The molecule has 0 saturated heterocycles. The van der Waals surface area contributed by atoms with Gasteiger partial charge < -0.3 is 79.3 Å². The first-order chi connectivity index (χ1) is 39.2. The Kier molecular flexibility index (Phi) is 26.7. The van der Waals surface area contributed by atoms with Gasteiger partial charge in [-0.05, 0) is 115 Å². The highest BCUT2D eigenvalue weighted by molar-refractivity contribution is 9.10. The summed E-state index contributed by atoms with van der Waals surface area (Å²) in [6.07, 6.45) is 1.16. The van der Waals surface area contributed by atoms with E-state index in [1.165, 1.54) is 72.8 Å². The number of unbranched alkanes of at least 4 members (excludes halogenated alkanes) is 1. The smallest absolute Gasteiger partial charge is 0.326 e. The summed E-state index contributed by atoms with van der Waals surface area (Å²) in [4.78, 5) is 115. The van der Waals surface area contributed by atoms with Crippen LogP contribution in [-0.4, -0.2) is 161 Å². The van der Waals surface area contributed by atoms with Gasteiger partial charge in [-0.25, -0.2) is 4.79 Å². The third kappa shape index (κ3) is 24.8. The molecule has 0 aliphatic carbocycles. The lowest BCUT2D eigenvalue weighted by Crippen LogP contribution is -2.60. The van der Waals surface area contributed by atoms with Crippen LogP contribution in [0.5, 0.6) is 17.2 Å². The van der Waals surface area contributed by atoms with E-state index in [4.69, 9.17) is 17.2 Å². The predicted octanol–water partition coefficient (Wildman–Crippen LogP) is 0.859. The Morgan fingerprint density at radius 1 is 0.518 bits per heavy atom. The molecule has 7 amide bonds. The number of nitrogens with zero attached hydrogens (tertiary/aromatic N) is 2. The number of phenolic OH excluding ortho intramolecular Hbond substituents is 3. The van der Waals surface area contributed by atoms with Gasteiger partial charge in [0, 0.05) is 30.3 Å². The molecule has 0 spiro atoms. The van der Waals surface area contributed by atoms with E-state index in [0.717, 1.165) is 23.0 Å². The fraction of sp³-hybridized carbons (Fsp3) is 0.431. The van der Waals surface area contributed by atoms with E-state index < -0.39 is 102 Å². The van der Waals surface area contributed by atoms with Crippen molar-refractivity contribution in [3.63, 3.8) is 0 Å². The van der Waals surface area contributed by atoms with Gasteiger partial charge in [-0.15, -0.1) is 0 Å². The number of nitrogens with one attached hydrogen (secondary N) is 7. The molecule has 4 rings (SSSR count). The molecule has 0 heterocycles. The largest absolute Gasteiger partial charge is 0.508 e. The zero-order valence-electron chi connectivity index (χ0n) is 47.4. The topological polar surface area (TPSA) is 392 Å². The molecule has 4 aromatic carbocycles. The molecular weight excluding hydrogens is 1140 g/mol. The van der Waals surface area contributed by atoms with Gasteiger partial charge in [0.15, 0.2) is 5.96 Å². The third-order valence-electron chi connectivity index (χ3n) is 13.2. The Morgan fingerprint density at radius 2 is 0.928 bits per heavy atom. The van der Waals surface area contributed by atoms with Crippen molar-refractivity contribution in [3.8, 4) is 17.2 Å². The number of carbonyl (C=O) groups excluding carboxylic acids is 7. The monoisotopic (exact) mass is 1220 g/mol. The van der Waals surface area contributed by atoms with Gasteiger partial charge in [-0.3, -0.25) is 38.6 Å². The number of hydrogen-bond donors (Lipinski definition) is 14. The summed E-state index contributed by atoms with van der Waals surface area (Å²) < 4.78 is 1.53. The fourth-order valence-electron chi connectivity index (χ4n) is 8.57. The van der Waals surface area contributed by atoms with Crippen molar-refractivity contribution in [2.75, 3.05) is 40.8 Å². The molecule has 0 fully saturated rings. The van der Waals surface area contributed by atoms with E-state index >= 15 is 0 Å². The van der Waals surface area contributed by atoms with Crippen LogP contribution >= 0.6 is 15.9 Å². The number of benzene rings is 4. The summed E-state index contributed by atoms with van der Waals surface area (Å²) in [5.41, 5.74) is 19.6. The number of carboxylic acids is 1. The minimum absolute atomic E-state index is 0.0361. The van der Waals surface area contributed by atoms with Gasteiger partial charge in [0.2, 0.25) is 41.4 Å². The maximum Gasteiger partial charge on any atom is 0.326 e. The van der Waals surface area contributed by atoms with Crippen molar-refractivity contribution in [2.24, 2.45) is 28.1 Å². The highest BCUT2D eigenvalue weighted by Crippen LogP contribution is 2.17. The van der Waals surface area contributed by atoms with Gasteiger partial charge in [0.1, 0.15) is 53.5 Å². The maximum absolute atomic E-state index is 14.7. The molecule has 7 unspecified atom stereocenters. The Hall–Kier alpha value is -8.29. The van der Waals surface area contributed by atoms with Crippen molar-refractivity contribution >= 4 is 69.2 Å². The van der Waals surface area contributed by atoms with E-state index in [2.05, 4.69) is 58.1 Å². The second-order valence-electron chi connectivity index (χ2n) is 21.7. The zero-order valence-corrected chi connectivity index (χ0v) is 49.0. The molecule has 24 nitrogen and oxygen atoms in total. The lowest BCUT2D eigenvalue weighted by Gasteiger charge is -2.28. The molecule has 7 atom stereocenters. The number of halogens is 1. The molecule has 0 radical (unpaired) electrons. The third-order valence-corrected chi connectivity index (χ3v) is 13.7. The number of rotatable bonds is 33. The molecule has 25 heteroatoms. The van der Waals surface area contributed by atoms with Crippen LogP contribution in [0.25, 0.3) is 0 Å². The second-order valence-corrected chi connectivity index (χ2v) is 22.6. The number of aliphatic imine (C=N–C) groups is 1. The number of guanidine groups is 1. The first kappa shape index (κ1) is 67.2. The minimum Gasteiger partial charge on any atom is -0.508 e. The van der Waals surface area contributed by atoms with Crippen molar-refractivity contribution in [2.45, 2.75) is 114 Å². The molecule has 0 aliphatic heterocycles. The van der Waals surface area contributed by atoms with E-state index in [9.17, 15) is 58.8 Å². The zero-order chi connectivity index (χ0) is 61.4. The van der Waals surface area contributed by atoms with Crippen LogP contribution in [-0.2, 0) is 64.0 Å². The minimum atomic E-state index is -1.49. The van der Waals surface area contributed by atoms with E-state index in [-0.39, 0.29) is 74.7 Å². The first-order valence-electron chi connectivity index (χ1n) is 27.2. The Balaban J connectivity index is 1.59. The summed E-state index contributed by atoms with van der Waals surface area (Å²) >= 11 is 3.39. The summed E-state index contributed by atoms with van der Waals surface area (Å²) in [7, 11) is 6.09. The van der Waals surface area contributed by atoms with E-state index in [1.54, 1.807) is 13.8 Å². The van der Waals surface area contributed by atoms with Crippen LogP contribution in [0, 0.1) is 5.92 Å². The molecule has 17 N–H and O–H groups in total. The highest BCUT2D eigenvalue weighted by Gasteiger charge is 2.35. The average molecular weight is 1220 g/mol. The van der Waals surface area contributed by atoms with Crippen LogP contribution in [0.2, 0.25) is 0 Å². The lowest BCUT2D eigenvalue weighted by atomic mass is 9.99. The summed E-state index contributed by atoms with van der Waals surface area (Å²) in [6, 6.07) is 15.3. The number of nitrogens with two attached hydrogens (primary N) is 3. The highest BCUT2D eigenvalue weighted by atomic mass is 79.9. The normalized spacial score (nSPS) is 13.8. The molecular formula is C58H80BrN12O12+. The summed E-state index contributed by atoms with van der Waals surface area (Å²) in [5.74, 6) is -7.97.